The zero-order valence-corrected chi connectivity index (χ0v) is 15.9. The zero-order valence-electron chi connectivity index (χ0n) is 15.9. The van der Waals surface area contributed by atoms with Gasteiger partial charge in [0.2, 0.25) is 11.6 Å². The van der Waals surface area contributed by atoms with Crippen LogP contribution in [0, 0.1) is 0 Å². The highest BCUT2D eigenvalue weighted by Crippen LogP contribution is 2.31. The van der Waals surface area contributed by atoms with Gasteiger partial charge in [-0.3, -0.25) is 9.59 Å². The van der Waals surface area contributed by atoms with E-state index >= 15 is 0 Å². The fraction of sp³-hybridized carbons (Fsp3) is 0. The van der Waals surface area contributed by atoms with Gasteiger partial charge in [-0.25, -0.2) is 4.68 Å². The van der Waals surface area contributed by atoms with Crippen molar-refractivity contribution >= 4 is 40.0 Å². The molecule has 4 aromatic rings. The van der Waals surface area contributed by atoms with Crippen molar-refractivity contribution in [3.8, 4) is 0 Å². The van der Waals surface area contributed by atoms with E-state index in [1.165, 1.54) is 22.9 Å². The molecule has 0 saturated heterocycles. The molecule has 1 heterocycles. The number of Topliss-reactive ketones (excluding diaryl/α,β-unsaturated/α-hetero) is 2. The first-order valence-electron chi connectivity index (χ1n) is 9.36. The van der Waals surface area contributed by atoms with Gasteiger partial charge in [-0.1, -0.05) is 53.7 Å². The lowest BCUT2D eigenvalue weighted by Crippen LogP contribution is -2.28. The molecule has 1 N–H and O–H groups in total. The van der Waals surface area contributed by atoms with E-state index in [9.17, 15) is 19.5 Å². The van der Waals surface area contributed by atoms with E-state index in [1.807, 2.05) is 0 Å². The number of aromatic carboxylic acids is 1. The number of hydrogen-bond acceptors (Lipinski definition) is 7. The molecule has 0 aliphatic heterocycles. The standard InChI is InChI=1S/C23H14N4O4/c28-21-15-8-1-2-9-16(15)22(29)20(27-18-11-4-3-10-17(18)25-26-27)19(21)24-14-7-5-6-13(12-14)23(30)31/h1-12,24H,(H,30,31)/p-1. The average molecular weight is 409 g/mol. The van der Waals surface area contributed by atoms with Crippen LogP contribution in [-0.2, 0) is 0 Å². The van der Waals surface area contributed by atoms with Crippen molar-refractivity contribution in [1.82, 2.24) is 15.0 Å². The van der Waals surface area contributed by atoms with E-state index in [2.05, 4.69) is 15.6 Å². The van der Waals surface area contributed by atoms with Gasteiger partial charge in [-0.05, 0) is 29.8 Å². The molecular formula is C23H13N4O4-. The number of carbonyl (C=O) groups is 3. The number of anilines is 1. The second-order valence-corrected chi connectivity index (χ2v) is 6.91. The maximum atomic E-state index is 13.4. The Morgan fingerprint density at radius 3 is 2.35 bits per heavy atom. The van der Waals surface area contributed by atoms with Crippen LogP contribution in [-0.4, -0.2) is 32.5 Å². The van der Waals surface area contributed by atoms with Crippen molar-refractivity contribution in [3.05, 3.63) is 95.2 Å². The van der Waals surface area contributed by atoms with Crippen molar-refractivity contribution in [3.63, 3.8) is 0 Å². The van der Waals surface area contributed by atoms with Crippen LogP contribution in [0.4, 0.5) is 5.69 Å². The van der Waals surface area contributed by atoms with Crippen molar-refractivity contribution in [2.75, 3.05) is 5.32 Å². The number of carboxylic acid groups (broad SMARTS) is 1. The van der Waals surface area contributed by atoms with Gasteiger partial charge in [-0.2, -0.15) is 0 Å². The van der Waals surface area contributed by atoms with E-state index in [0.717, 1.165) is 0 Å². The predicted molar refractivity (Wildman–Crippen MR) is 110 cm³/mol. The first-order chi connectivity index (χ1) is 15.0. The Bertz CT molecular complexity index is 1430. The SMILES string of the molecule is O=C([O-])c1cccc(NC2=C(n3nnc4ccccc43)C(=O)c3ccccc3C2=O)c1. The Labute approximate surface area is 175 Å². The van der Waals surface area contributed by atoms with Crippen molar-refractivity contribution in [2.45, 2.75) is 0 Å². The zero-order chi connectivity index (χ0) is 21.5. The number of nitrogens with one attached hydrogen (secondary N) is 1. The van der Waals surface area contributed by atoms with Crippen LogP contribution in [0.5, 0.6) is 0 Å². The molecule has 5 rings (SSSR count). The van der Waals surface area contributed by atoms with E-state index in [0.29, 0.717) is 16.7 Å². The summed E-state index contributed by atoms with van der Waals surface area (Å²) >= 11 is 0. The molecule has 0 saturated carbocycles. The monoisotopic (exact) mass is 409 g/mol. The highest BCUT2D eigenvalue weighted by atomic mass is 16.4. The number of para-hydroxylation sites is 1. The summed E-state index contributed by atoms with van der Waals surface area (Å²) in [6.45, 7) is 0. The van der Waals surface area contributed by atoms with Crippen LogP contribution in [0.25, 0.3) is 16.7 Å². The van der Waals surface area contributed by atoms with E-state index in [4.69, 9.17) is 0 Å². The summed E-state index contributed by atoms with van der Waals surface area (Å²) in [5, 5.41) is 22.4. The highest BCUT2D eigenvalue weighted by Gasteiger charge is 2.34. The quantitative estimate of drug-likeness (QED) is 0.549. The van der Waals surface area contributed by atoms with Gasteiger partial charge in [0, 0.05) is 16.8 Å². The van der Waals surface area contributed by atoms with Gasteiger partial charge in [0.05, 0.1) is 11.5 Å². The third kappa shape index (κ3) is 2.98. The highest BCUT2D eigenvalue weighted by molar-refractivity contribution is 6.38. The summed E-state index contributed by atoms with van der Waals surface area (Å²) in [4.78, 5) is 38.0. The van der Waals surface area contributed by atoms with Crippen LogP contribution < -0.4 is 10.4 Å². The molecule has 0 spiro atoms. The minimum Gasteiger partial charge on any atom is -0.545 e. The summed E-state index contributed by atoms with van der Waals surface area (Å²) in [6.07, 6.45) is 0. The van der Waals surface area contributed by atoms with E-state index < -0.39 is 17.5 Å². The Morgan fingerprint density at radius 2 is 1.58 bits per heavy atom. The van der Waals surface area contributed by atoms with E-state index in [-0.39, 0.29) is 28.1 Å². The van der Waals surface area contributed by atoms with Gasteiger partial charge >= 0.3 is 0 Å². The Kier molecular flexibility index (Phi) is 4.18. The summed E-state index contributed by atoms with van der Waals surface area (Å²) in [6, 6.07) is 19.4. The maximum absolute atomic E-state index is 13.4. The molecule has 8 nitrogen and oxygen atoms in total. The lowest BCUT2D eigenvalue weighted by atomic mass is 9.90. The Morgan fingerprint density at radius 1 is 0.871 bits per heavy atom. The molecule has 0 bridgehead atoms. The molecule has 1 aliphatic carbocycles. The maximum Gasteiger partial charge on any atom is 0.214 e. The number of carbonyl (C=O) groups excluding carboxylic acids is 3. The van der Waals surface area contributed by atoms with Crippen molar-refractivity contribution in [2.24, 2.45) is 0 Å². The number of aromatic nitrogens is 3. The fourth-order valence-corrected chi connectivity index (χ4v) is 3.58. The van der Waals surface area contributed by atoms with Crippen LogP contribution in [0.3, 0.4) is 0 Å². The average Bonchev–Trinajstić information content (AvgIpc) is 3.21. The van der Waals surface area contributed by atoms with Gasteiger partial charge in [0.15, 0.2) is 0 Å². The molecule has 8 heteroatoms. The molecular weight excluding hydrogens is 396 g/mol. The third-order valence-corrected chi connectivity index (χ3v) is 5.03. The van der Waals surface area contributed by atoms with Gasteiger partial charge in [-0.15, -0.1) is 5.10 Å². The third-order valence-electron chi connectivity index (χ3n) is 5.03. The van der Waals surface area contributed by atoms with Crippen LogP contribution >= 0.6 is 0 Å². The normalized spacial score (nSPS) is 13.4. The molecule has 1 aromatic heterocycles. The number of rotatable bonds is 4. The number of benzene rings is 3. The Balaban J connectivity index is 1.74. The molecule has 3 aromatic carbocycles. The largest absolute Gasteiger partial charge is 0.545 e. The van der Waals surface area contributed by atoms with Gasteiger partial charge in [0.1, 0.15) is 16.9 Å². The smallest absolute Gasteiger partial charge is 0.214 e. The van der Waals surface area contributed by atoms with Gasteiger partial charge in [0.25, 0.3) is 0 Å². The second-order valence-electron chi connectivity index (χ2n) is 6.91. The molecule has 0 atom stereocenters. The van der Waals surface area contributed by atoms with Crippen molar-refractivity contribution in [1.29, 1.82) is 0 Å². The minimum atomic E-state index is -1.35. The molecule has 0 fully saturated rings. The molecule has 1 aliphatic rings. The topological polar surface area (TPSA) is 117 Å². The lowest BCUT2D eigenvalue weighted by Gasteiger charge is -2.22. The molecule has 0 unspecified atom stereocenters. The number of ketones is 2. The van der Waals surface area contributed by atoms with Crippen molar-refractivity contribution < 1.29 is 19.5 Å². The number of fused-ring (bicyclic) bond motifs is 2. The summed E-state index contributed by atoms with van der Waals surface area (Å²) < 4.78 is 1.33. The first-order valence-corrected chi connectivity index (χ1v) is 9.36. The number of nitrogens with zero attached hydrogens (tertiary/aromatic N) is 3. The predicted octanol–water partition coefficient (Wildman–Crippen LogP) is 2.15. The van der Waals surface area contributed by atoms with Crippen LogP contribution in [0.1, 0.15) is 31.1 Å². The van der Waals surface area contributed by atoms with Crippen LogP contribution in [0.2, 0.25) is 0 Å². The molecule has 0 amide bonds. The molecule has 31 heavy (non-hydrogen) atoms. The number of allylic oxidation sites excluding steroid dienone is 2. The van der Waals surface area contributed by atoms with Gasteiger partial charge < -0.3 is 15.2 Å². The van der Waals surface area contributed by atoms with Crippen LogP contribution in [0.15, 0.2) is 78.5 Å². The Hall–Kier alpha value is -4.59. The minimum absolute atomic E-state index is 0.0104. The first kappa shape index (κ1) is 18.4. The summed E-state index contributed by atoms with van der Waals surface area (Å²) in [5.74, 6) is -2.16. The summed E-state index contributed by atoms with van der Waals surface area (Å²) in [7, 11) is 0. The van der Waals surface area contributed by atoms with E-state index in [1.54, 1.807) is 54.6 Å². The number of hydrogen-bond donors (Lipinski definition) is 1. The lowest BCUT2D eigenvalue weighted by molar-refractivity contribution is -0.255. The molecule has 150 valence electrons. The second kappa shape index (κ2) is 7.03. The molecule has 0 radical (unpaired) electrons. The number of carboxylic acids is 1. The fourth-order valence-electron chi connectivity index (χ4n) is 3.58. The summed E-state index contributed by atoms with van der Waals surface area (Å²) in [5.41, 5.74) is 1.88.